The predicted octanol–water partition coefficient (Wildman–Crippen LogP) is 3.52. The first-order valence-electron chi connectivity index (χ1n) is 5.99. The summed E-state index contributed by atoms with van der Waals surface area (Å²) in [6.45, 7) is 1.96. The summed E-state index contributed by atoms with van der Waals surface area (Å²) in [5.41, 5.74) is 7.98. The third-order valence-corrected chi connectivity index (χ3v) is 3.60. The van der Waals surface area contributed by atoms with Gasteiger partial charge in [-0.2, -0.15) is 0 Å². The molecular formula is C15H15BrN2O. The van der Waals surface area contributed by atoms with E-state index in [1.165, 1.54) is 0 Å². The fourth-order valence-electron chi connectivity index (χ4n) is 1.77. The zero-order valence-corrected chi connectivity index (χ0v) is 12.1. The minimum Gasteiger partial charge on any atom is -0.398 e. The molecule has 98 valence electrons. The molecule has 0 radical (unpaired) electrons. The highest BCUT2D eigenvalue weighted by Crippen LogP contribution is 2.21. The fourth-order valence-corrected chi connectivity index (χ4v) is 2.15. The van der Waals surface area contributed by atoms with Gasteiger partial charge in [-0.05, 0) is 46.6 Å². The molecule has 0 fully saturated rings. The van der Waals surface area contributed by atoms with Gasteiger partial charge in [0.2, 0.25) is 0 Å². The Morgan fingerprint density at radius 3 is 2.53 bits per heavy atom. The molecule has 0 aromatic heterocycles. The topological polar surface area (TPSA) is 55.1 Å². The first-order valence-corrected chi connectivity index (χ1v) is 6.78. The van der Waals surface area contributed by atoms with Crippen molar-refractivity contribution >= 4 is 27.5 Å². The lowest BCUT2D eigenvalue weighted by atomic mass is 10.1. The zero-order chi connectivity index (χ0) is 13.8. The second kappa shape index (κ2) is 5.89. The molecule has 1 atom stereocenters. The summed E-state index contributed by atoms with van der Waals surface area (Å²) < 4.78 is 0.729. The molecule has 0 heterocycles. The zero-order valence-electron chi connectivity index (χ0n) is 10.6. The van der Waals surface area contributed by atoms with Crippen LogP contribution in [0.5, 0.6) is 0 Å². The van der Waals surface area contributed by atoms with Crippen LogP contribution in [0.4, 0.5) is 5.69 Å². The molecule has 2 aromatic rings. The quantitative estimate of drug-likeness (QED) is 0.851. The lowest BCUT2D eigenvalue weighted by Crippen LogP contribution is -2.26. The van der Waals surface area contributed by atoms with Crippen LogP contribution in [0.25, 0.3) is 0 Å². The van der Waals surface area contributed by atoms with Crippen LogP contribution in [0.2, 0.25) is 0 Å². The smallest absolute Gasteiger partial charge is 0.251 e. The second-order valence-electron chi connectivity index (χ2n) is 4.34. The van der Waals surface area contributed by atoms with E-state index in [0.29, 0.717) is 11.3 Å². The van der Waals surface area contributed by atoms with E-state index in [9.17, 15) is 4.79 Å². The van der Waals surface area contributed by atoms with Gasteiger partial charge in [-0.3, -0.25) is 4.79 Å². The average molecular weight is 319 g/mol. The third kappa shape index (κ3) is 3.35. The van der Waals surface area contributed by atoms with E-state index in [1.807, 2.05) is 37.3 Å². The molecule has 4 heteroatoms. The van der Waals surface area contributed by atoms with Gasteiger partial charge in [0.05, 0.1) is 6.04 Å². The summed E-state index contributed by atoms with van der Waals surface area (Å²) in [5.74, 6) is -0.114. The monoisotopic (exact) mass is 318 g/mol. The normalized spacial score (nSPS) is 11.9. The minimum atomic E-state index is -0.114. The van der Waals surface area contributed by atoms with Crippen LogP contribution in [0.3, 0.4) is 0 Å². The second-order valence-corrected chi connectivity index (χ2v) is 5.20. The van der Waals surface area contributed by atoms with Crippen LogP contribution in [0.1, 0.15) is 28.9 Å². The molecule has 2 aromatic carbocycles. The van der Waals surface area contributed by atoms with Crippen molar-refractivity contribution in [2.45, 2.75) is 13.0 Å². The molecule has 0 spiro atoms. The highest BCUT2D eigenvalue weighted by Gasteiger charge is 2.11. The van der Waals surface area contributed by atoms with Crippen LogP contribution >= 0.6 is 15.9 Å². The Morgan fingerprint density at radius 2 is 1.89 bits per heavy atom. The van der Waals surface area contributed by atoms with Gasteiger partial charge in [-0.15, -0.1) is 0 Å². The molecule has 19 heavy (non-hydrogen) atoms. The summed E-state index contributed by atoms with van der Waals surface area (Å²) in [7, 11) is 0. The summed E-state index contributed by atoms with van der Waals surface area (Å²) in [4.78, 5) is 12.1. The highest BCUT2D eigenvalue weighted by atomic mass is 79.9. The SMILES string of the molecule is C[C@H](NC(=O)c1ccc(N)c(Br)c1)c1ccccc1. The van der Waals surface area contributed by atoms with Gasteiger partial charge in [-0.1, -0.05) is 30.3 Å². The van der Waals surface area contributed by atoms with Crippen LogP contribution in [0.15, 0.2) is 53.0 Å². The summed E-state index contributed by atoms with van der Waals surface area (Å²) in [6.07, 6.45) is 0. The number of hydrogen-bond donors (Lipinski definition) is 2. The van der Waals surface area contributed by atoms with Crippen molar-refractivity contribution in [3.63, 3.8) is 0 Å². The molecule has 0 aliphatic heterocycles. The van der Waals surface area contributed by atoms with Gasteiger partial charge in [0.1, 0.15) is 0 Å². The van der Waals surface area contributed by atoms with Crippen molar-refractivity contribution in [2.24, 2.45) is 0 Å². The molecule has 0 saturated carbocycles. The number of amides is 1. The molecule has 1 amide bonds. The molecule has 0 aliphatic carbocycles. The van der Waals surface area contributed by atoms with Crippen molar-refractivity contribution in [3.8, 4) is 0 Å². The van der Waals surface area contributed by atoms with Crippen LogP contribution in [0, 0.1) is 0 Å². The Kier molecular flexibility index (Phi) is 4.22. The molecular weight excluding hydrogens is 304 g/mol. The van der Waals surface area contributed by atoms with Crippen molar-refractivity contribution in [3.05, 3.63) is 64.1 Å². The number of rotatable bonds is 3. The number of anilines is 1. The van der Waals surface area contributed by atoms with Gasteiger partial charge >= 0.3 is 0 Å². The maximum absolute atomic E-state index is 12.1. The van der Waals surface area contributed by atoms with Crippen LogP contribution in [-0.4, -0.2) is 5.91 Å². The van der Waals surface area contributed by atoms with E-state index < -0.39 is 0 Å². The Bertz CT molecular complexity index is 584. The number of carbonyl (C=O) groups is 1. The molecule has 3 N–H and O–H groups in total. The van der Waals surface area contributed by atoms with Gasteiger partial charge < -0.3 is 11.1 Å². The number of hydrogen-bond acceptors (Lipinski definition) is 2. The minimum absolute atomic E-state index is 0.0370. The summed E-state index contributed by atoms with van der Waals surface area (Å²) in [5, 5.41) is 2.96. The fraction of sp³-hybridized carbons (Fsp3) is 0.133. The van der Waals surface area contributed by atoms with Crippen molar-refractivity contribution < 1.29 is 4.79 Å². The number of nitrogens with one attached hydrogen (secondary N) is 1. The number of carbonyl (C=O) groups excluding carboxylic acids is 1. The maximum atomic E-state index is 12.1. The molecule has 0 aliphatic rings. The van der Waals surface area contributed by atoms with E-state index in [1.54, 1.807) is 18.2 Å². The maximum Gasteiger partial charge on any atom is 0.251 e. The molecule has 2 rings (SSSR count). The Balaban J connectivity index is 2.11. The van der Waals surface area contributed by atoms with Crippen LogP contribution < -0.4 is 11.1 Å². The van der Waals surface area contributed by atoms with Crippen molar-refractivity contribution in [1.82, 2.24) is 5.32 Å². The number of benzene rings is 2. The van der Waals surface area contributed by atoms with Gasteiger partial charge in [-0.25, -0.2) is 0 Å². The summed E-state index contributed by atoms with van der Waals surface area (Å²) in [6, 6.07) is 15.0. The standard InChI is InChI=1S/C15H15BrN2O/c1-10(11-5-3-2-4-6-11)18-15(19)12-7-8-14(17)13(16)9-12/h2-10H,17H2,1H3,(H,18,19)/t10-/m0/s1. The highest BCUT2D eigenvalue weighted by molar-refractivity contribution is 9.10. The molecule has 0 saturated heterocycles. The Labute approximate surface area is 121 Å². The van der Waals surface area contributed by atoms with Gasteiger partial charge in [0.25, 0.3) is 5.91 Å². The van der Waals surface area contributed by atoms with E-state index >= 15 is 0 Å². The van der Waals surface area contributed by atoms with Gasteiger partial charge in [0, 0.05) is 15.7 Å². The van der Waals surface area contributed by atoms with E-state index in [0.717, 1.165) is 10.0 Å². The molecule has 0 unspecified atom stereocenters. The largest absolute Gasteiger partial charge is 0.398 e. The molecule has 3 nitrogen and oxygen atoms in total. The lowest BCUT2D eigenvalue weighted by Gasteiger charge is -2.14. The molecule has 0 bridgehead atoms. The summed E-state index contributed by atoms with van der Waals surface area (Å²) >= 11 is 3.32. The van der Waals surface area contributed by atoms with E-state index in [-0.39, 0.29) is 11.9 Å². The first kappa shape index (κ1) is 13.6. The number of nitrogens with two attached hydrogens (primary N) is 1. The average Bonchev–Trinajstić information content (AvgIpc) is 2.42. The first-order chi connectivity index (χ1) is 9.08. The van der Waals surface area contributed by atoms with Crippen molar-refractivity contribution in [2.75, 3.05) is 5.73 Å². The number of halogens is 1. The number of nitrogen functional groups attached to an aromatic ring is 1. The lowest BCUT2D eigenvalue weighted by molar-refractivity contribution is 0.0940. The predicted molar refractivity (Wildman–Crippen MR) is 80.9 cm³/mol. The van der Waals surface area contributed by atoms with Crippen molar-refractivity contribution in [1.29, 1.82) is 0 Å². The third-order valence-electron chi connectivity index (χ3n) is 2.91. The Morgan fingerprint density at radius 1 is 1.21 bits per heavy atom. The van der Waals surface area contributed by atoms with E-state index in [4.69, 9.17) is 5.73 Å². The Hall–Kier alpha value is -1.81. The van der Waals surface area contributed by atoms with Crippen LogP contribution in [-0.2, 0) is 0 Å². The van der Waals surface area contributed by atoms with E-state index in [2.05, 4.69) is 21.2 Å². The van der Waals surface area contributed by atoms with Gasteiger partial charge in [0.15, 0.2) is 0 Å².